The molecule has 0 aliphatic heterocycles. The predicted molar refractivity (Wildman–Crippen MR) is 119 cm³/mol. The van der Waals surface area contributed by atoms with Gasteiger partial charge in [-0.25, -0.2) is 0 Å². The lowest BCUT2D eigenvalue weighted by molar-refractivity contribution is -0.127. The van der Waals surface area contributed by atoms with E-state index in [4.69, 9.17) is 10.2 Å². The number of hydrogen-bond acceptors (Lipinski definition) is 3. The molecular weight excluding hydrogens is 350 g/mol. The Morgan fingerprint density at radius 2 is 1.29 bits per heavy atom. The maximum atomic E-state index is 12.2. The summed E-state index contributed by atoms with van der Waals surface area (Å²) >= 11 is 0. The zero-order chi connectivity index (χ0) is 21.4. The van der Waals surface area contributed by atoms with Crippen LogP contribution in [0.25, 0.3) is 0 Å². The summed E-state index contributed by atoms with van der Waals surface area (Å²) in [5.41, 5.74) is 1.08. The molecule has 0 saturated carbocycles. The molecule has 2 unspecified atom stereocenters. The summed E-state index contributed by atoms with van der Waals surface area (Å²) in [6.45, 7) is 11.7. The molecule has 2 atom stereocenters. The molecule has 0 spiro atoms. The van der Waals surface area contributed by atoms with Crippen LogP contribution in [0.4, 0.5) is 0 Å². The van der Waals surface area contributed by atoms with Gasteiger partial charge in [0.25, 0.3) is 0 Å². The molecule has 4 nitrogen and oxygen atoms in total. The molecule has 28 heavy (non-hydrogen) atoms. The van der Waals surface area contributed by atoms with E-state index in [1.54, 1.807) is 6.08 Å². The van der Waals surface area contributed by atoms with Crippen molar-refractivity contribution in [3.63, 3.8) is 0 Å². The topological polar surface area (TPSA) is 60.8 Å². The number of carbonyl (C=O) groups excluding carboxylic acids is 1. The molecule has 1 amide bonds. The van der Waals surface area contributed by atoms with Crippen molar-refractivity contribution in [3.05, 3.63) is 11.6 Å². The molecule has 0 aliphatic rings. The maximum Gasteiger partial charge on any atom is 0.246 e. The Kier molecular flexibility index (Phi) is 16.5. The lowest BCUT2D eigenvalue weighted by Crippen LogP contribution is -2.34. The Hall–Kier alpha value is -0.870. The molecular formula is C24H47NO3. The molecule has 0 aromatic heterocycles. The molecule has 0 saturated heterocycles. The van der Waals surface area contributed by atoms with Crippen molar-refractivity contribution in [2.75, 3.05) is 26.3 Å². The van der Waals surface area contributed by atoms with Gasteiger partial charge in [0.15, 0.2) is 0 Å². The minimum atomic E-state index is -0.111. The highest BCUT2D eigenvalue weighted by Gasteiger charge is 2.10. The monoisotopic (exact) mass is 397 g/mol. The zero-order valence-electron chi connectivity index (χ0n) is 19.3. The molecule has 166 valence electrons. The smallest absolute Gasteiger partial charge is 0.246 e. The number of allylic oxidation sites excluding steroid dienone is 1. The van der Waals surface area contributed by atoms with Crippen LogP contribution in [0.5, 0.6) is 0 Å². The summed E-state index contributed by atoms with van der Waals surface area (Å²) in [6.07, 6.45) is 13.0. The Morgan fingerprint density at radius 1 is 0.821 bits per heavy atom. The molecule has 0 aromatic rings. The number of nitrogens with zero attached hydrogens (tertiary/aromatic N) is 1. The fourth-order valence-corrected chi connectivity index (χ4v) is 3.66. The van der Waals surface area contributed by atoms with Crippen molar-refractivity contribution in [2.45, 2.75) is 92.4 Å². The first-order chi connectivity index (χ1) is 13.3. The van der Waals surface area contributed by atoms with Crippen LogP contribution in [0.2, 0.25) is 0 Å². The molecule has 0 radical (unpaired) electrons. The molecule has 0 rings (SSSR count). The summed E-state index contributed by atoms with van der Waals surface area (Å²) < 4.78 is 0. The van der Waals surface area contributed by atoms with Crippen molar-refractivity contribution < 1.29 is 15.0 Å². The van der Waals surface area contributed by atoms with Crippen LogP contribution in [0.15, 0.2) is 11.6 Å². The number of carbonyl (C=O) groups is 1. The minimum Gasteiger partial charge on any atom is -0.395 e. The second-order valence-corrected chi connectivity index (χ2v) is 9.12. The van der Waals surface area contributed by atoms with Gasteiger partial charge in [-0.3, -0.25) is 4.79 Å². The molecule has 0 aromatic carbocycles. The van der Waals surface area contributed by atoms with Gasteiger partial charge in [-0.15, -0.1) is 0 Å². The van der Waals surface area contributed by atoms with Crippen molar-refractivity contribution in [1.82, 2.24) is 4.90 Å². The van der Waals surface area contributed by atoms with E-state index in [9.17, 15) is 4.79 Å². The van der Waals surface area contributed by atoms with Gasteiger partial charge in [0.1, 0.15) is 0 Å². The van der Waals surface area contributed by atoms with E-state index in [2.05, 4.69) is 27.7 Å². The maximum absolute atomic E-state index is 12.2. The second-order valence-electron chi connectivity index (χ2n) is 9.12. The van der Waals surface area contributed by atoms with E-state index >= 15 is 0 Å². The van der Waals surface area contributed by atoms with E-state index in [1.165, 1.54) is 49.8 Å². The molecule has 0 bridgehead atoms. The van der Waals surface area contributed by atoms with Gasteiger partial charge >= 0.3 is 0 Å². The number of hydrogen-bond donors (Lipinski definition) is 2. The van der Waals surface area contributed by atoms with Crippen LogP contribution < -0.4 is 0 Å². The third-order valence-corrected chi connectivity index (χ3v) is 5.56. The highest BCUT2D eigenvalue weighted by atomic mass is 16.3. The second kappa shape index (κ2) is 17.0. The van der Waals surface area contributed by atoms with Crippen LogP contribution >= 0.6 is 0 Å². The first kappa shape index (κ1) is 27.1. The van der Waals surface area contributed by atoms with Crippen LogP contribution in [0.3, 0.4) is 0 Å². The number of aliphatic hydroxyl groups excluding tert-OH is 2. The van der Waals surface area contributed by atoms with Crippen LogP contribution in [-0.4, -0.2) is 47.3 Å². The number of aliphatic hydroxyl groups is 2. The van der Waals surface area contributed by atoms with Gasteiger partial charge in [-0.2, -0.15) is 0 Å². The predicted octanol–water partition coefficient (Wildman–Crippen LogP) is 5.19. The first-order valence-electron chi connectivity index (χ1n) is 11.5. The summed E-state index contributed by atoms with van der Waals surface area (Å²) in [5.74, 6) is 2.31. The van der Waals surface area contributed by atoms with Gasteiger partial charge in [0.2, 0.25) is 5.91 Å². The molecule has 0 aliphatic carbocycles. The summed E-state index contributed by atoms with van der Waals surface area (Å²) in [7, 11) is 0. The fraction of sp³-hybridized carbons (Fsp3) is 0.875. The van der Waals surface area contributed by atoms with Crippen molar-refractivity contribution in [2.24, 2.45) is 17.8 Å². The molecule has 4 heteroatoms. The van der Waals surface area contributed by atoms with Crippen molar-refractivity contribution in [1.29, 1.82) is 0 Å². The van der Waals surface area contributed by atoms with E-state index in [0.717, 1.165) is 36.2 Å². The highest BCUT2D eigenvalue weighted by Crippen LogP contribution is 2.22. The number of amides is 1. The zero-order valence-corrected chi connectivity index (χ0v) is 19.3. The summed E-state index contributed by atoms with van der Waals surface area (Å²) in [6, 6.07) is 0. The van der Waals surface area contributed by atoms with Gasteiger partial charge < -0.3 is 15.1 Å². The van der Waals surface area contributed by atoms with Crippen LogP contribution in [0, 0.1) is 17.8 Å². The summed E-state index contributed by atoms with van der Waals surface area (Å²) in [4.78, 5) is 13.7. The SMILES string of the molecule is CC(=CC(=O)N(CCO)CCO)CCCC(C)CCCC(C)CCCC(C)C. The third kappa shape index (κ3) is 15.1. The van der Waals surface area contributed by atoms with Gasteiger partial charge in [0, 0.05) is 19.2 Å². The standard InChI is InChI=1S/C24H47NO3/c1-20(2)9-6-10-21(3)11-7-12-22(4)13-8-14-23(5)19-24(28)25(15-17-26)16-18-27/h19-22,26-27H,6-18H2,1-5H3. The average Bonchev–Trinajstić information content (AvgIpc) is 2.61. The fourth-order valence-electron chi connectivity index (χ4n) is 3.66. The van der Waals surface area contributed by atoms with Gasteiger partial charge in [-0.1, -0.05) is 78.2 Å². The quantitative estimate of drug-likeness (QED) is 0.332. The molecule has 0 heterocycles. The van der Waals surface area contributed by atoms with Gasteiger partial charge in [0.05, 0.1) is 13.2 Å². The van der Waals surface area contributed by atoms with Crippen LogP contribution in [0.1, 0.15) is 92.4 Å². The Bertz CT molecular complexity index is 414. The Balaban J connectivity index is 3.97. The van der Waals surface area contributed by atoms with E-state index < -0.39 is 0 Å². The van der Waals surface area contributed by atoms with E-state index in [-0.39, 0.29) is 32.2 Å². The summed E-state index contributed by atoms with van der Waals surface area (Å²) in [5, 5.41) is 18.0. The highest BCUT2D eigenvalue weighted by molar-refractivity contribution is 5.88. The van der Waals surface area contributed by atoms with Gasteiger partial charge in [-0.05, 0) is 37.5 Å². The largest absolute Gasteiger partial charge is 0.395 e. The lowest BCUT2D eigenvalue weighted by atomic mass is 9.91. The van der Waals surface area contributed by atoms with E-state index in [1.807, 2.05) is 6.92 Å². The van der Waals surface area contributed by atoms with Crippen LogP contribution in [-0.2, 0) is 4.79 Å². The Labute approximate surface area is 174 Å². The third-order valence-electron chi connectivity index (χ3n) is 5.56. The van der Waals surface area contributed by atoms with Crippen molar-refractivity contribution in [3.8, 4) is 0 Å². The lowest BCUT2D eigenvalue weighted by Gasteiger charge is -2.19. The molecule has 2 N–H and O–H groups in total. The Morgan fingerprint density at radius 3 is 1.75 bits per heavy atom. The van der Waals surface area contributed by atoms with E-state index in [0.29, 0.717) is 0 Å². The van der Waals surface area contributed by atoms with Crippen molar-refractivity contribution >= 4 is 5.91 Å². The number of rotatable bonds is 17. The first-order valence-corrected chi connectivity index (χ1v) is 11.5. The normalized spacial score (nSPS) is 14.4. The average molecular weight is 398 g/mol. The minimum absolute atomic E-state index is 0.0769. The molecule has 0 fully saturated rings.